The van der Waals surface area contributed by atoms with Crippen LogP contribution in [-0.2, 0) is 4.74 Å². The first-order valence-electron chi connectivity index (χ1n) is 7.49. The Morgan fingerprint density at radius 2 is 2.27 bits per heavy atom. The number of carbonyl (C=O) groups excluding carboxylic acids is 1. The van der Waals surface area contributed by atoms with Crippen molar-refractivity contribution < 1.29 is 9.53 Å². The van der Waals surface area contributed by atoms with Gasteiger partial charge in [-0.25, -0.2) is 14.8 Å². The van der Waals surface area contributed by atoms with E-state index in [9.17, 15) is 4.79 Å². The fraction of sp³-hybridized carbons (Fsp3) is 0.667. The molecule has 1 aliphatic rings. The molecule has 1 aromatic rings. The quantitative estimate of drug-likeness (QED) is 0.864. The molecule has 1 amide bonds. The zero-order valence-corrected chi connectivity index (χ0v) is 14.3. The van der Waals surface area contributed by atoms with Crippen molar-refractivity contribution in [3.05, 3.63) is 16.9 Å². The average molecular weight is 327 g/mol. The van der Waals surface area contributed by atoms with E-state index in [0.29, 0.717) is 17.6 Å². The summed E-state index contributed by atoms with van der Waals surface area (Å²) in [6.45, 7) is 8.77. The third kappa shape index (κ3) is 4.47. The van der Waals surface area contributed by atoms with Gasteiger partial charge in [0.2, 0.25) is 5.95 Å². The van der Waals surface area contributed by atoms with Crippen LogP contribution in [0.25, 0.3) is 0 Å². The second kappa shape index (κ2) is 6.69. The third-order valence-corrected chi connectivity index (χ3v) is 3.79. The second-order valence-corrected chi connectivity index (χ2v) is 6.88. The van der Waals surface area contributed by atoms with Crippen LogP contribution in [0.1, 0.15) is 39.2 Å². The minimum atomic E-state index is -0.481. The summed E-state index contributed by atoms with van der Waals surface area (Å²) in [4.78, 5) is 22.3. The molecule has 7 heteroatoms. The van der Waals surface area contributed by atoms with Crippen molar-refractivity contribution in [1.29, 1.82) is 0 Å². The molecule has 0 saturated carbocycles. The number of nitrogens with zero attached hydrogens (tertiary/aromatic N) is 3. The van der Waals surface area contributed by atoms with Crippen molar-refractivity contribution in [2.45, 2.75) is 52.2 Å². The Balaban J connectivity index is 1.93. The van der Waals surface area contributed by atoms with Crippen LogP contribution in [0.5, 0.6) is 0 Å². The van der Waals surface area contributed by atoms with Gasteiger partial charge in [0.1, 0.15) is 10.8 Å². The number of aromatic nitrogens is 2. The number of rotatable bonds is 3. The van der Waals surface area contributed by atoms with Crippen LogP contribution >= 0.6 is 11.6 Å². The number of carbonyl (C=O) groups is 1. The van der Waals surface area contributed by atoms with Crippen LogP contribution in [0.2, 0.25) is 5.15 Å². The van der Waals surface area contributed by atoms with Crippen LogP contribution in [0, 0.1) is 6.92 Å². The standard InChI is InChI=1S/C15H23ClN4O2/c1-10-8-17-13(19-12(10)16)18-9-11-6-5-7-20(11)14(21)22-15(2,3)4/h8,11H,5-7,9H2,1-4H3,(H,17,18,19)/t11-/m0/s1. The molecule has 0 aliphatic carbocycles. The van der Waals surface area contributed by atoms with E-state index in [4.69, 9.17) is 16.3 Å². The molecule has 1 atom stereocenters. The Morgan fingerprint density at radius 1 is 1.55 bits per heavy atom. The third-order valence-electron chi connectivity index (χ3n) is 3.41. The Labute approximate surface area is 136 Å². The van der Waals surface area contributed by atoms with E-state index in [0.717, 1.165) is 24.9 Å². The summed E-state index contributed by atoms with van der Waals surface area (Å²) in [6, 6.07) is 0.0820. The van der Waals surface area contributed by atoms with Crippen LogP contribution in [0.15, 0.2) is 6.20 Å². The van der Waals surface area contributed by atoms with Crippen LogP contribution in [-0.4, -0.2) is 45.7 Å². The molecule has 0 radical (unpaired) electrons. The highest BCUT2D eigenvalue weighted by atomic mass is 35.5. The minimum Gasteiger partial charge on any atom is -0.444 e. The number of hydrogen-bond donors (Lipinski definition) is 1. The van der Waals surface area contributed by atoms with E-state index in [1.54, 1.807) is 11.1 Å². The highest BCUT2D eigenvalue weighted by Gasteiger charge is 2.32. The summed E-state index contributed by atoms with van der Waals surface area (Å²) < 4.78 is 5.45. The number of anilines is 1. The Morgan fingerprint density at radius 3 is 2.91 bits per heavy atom. The fourth-order valence-electron chi connectivity index (χ4n) is 2.32. The van der Waals surface area contributed by atoms with Gasteiger partial charge < -0.3 is 15.0 Å². The number of ether oxygens (including phenoxy) is 1. The topological polar surface area (TPSA) is 67.4 Å². The molecule has 1 aromatic heterocycles. The second-order valence-electron chi connectivity index (χ2n) is 6.52. The van der Waals surface area contributed by atoms with Gasteiger partial charge in [0.15, 0.2) is 0 Å². The highest BCUT2D eigenvalue weighted by Crippen LogP contribution is 2.21. The lowest BCUT2D eigenvalue weighted by Crippen LogP contribution is -2.42. The van der Waals surface area contributed by atoms with Crippen LogP contribution < -0.4 is 5.32 Å². The highest BCUT2D eigenvalue weighted by molar-refractivity contribution is 6.30. The van der Waals surface area contributed by atoms with E-state index in [2.05, 4.69) is 15.3 Å². The molecule has 6 nitrogen and oxygen atoms in total. The summed E-state index contributed by atoms with van der Waals surface area (Å²) >= 11 is 5.99. The van der Waals surface area contributed by atoms with Crippen molar-refractivity contribution in [3.63, 3.8) is 0 Å². The Bertz CT molecular complexity index is 545. The molecule has 0 bridgehead atoms. The van der Waals surface area contributed by atoms with Gasteiger partial charge >= 0.3 is 6.09 Å². The van der Waals surface area contributed by atoms with Crippen molar-refractivity contribution in [2.75, 3.05) is 18.4 Å². The van der Waals surface area contributed by atoms with Gasteiger partial charge in [-0.15, -0.1) is 0 Å². The molecule has 1 N–H and O–H groups in total. The summed E-state index contributed by atoms with van der Waals surface area (Å²) in [6.07, 6.45) is 3.32. The van der Waals surface area contributed by atoms with Crippen LogP contribution in [0.3, 0.4) is 0 Å². The first-order valence-corrected chi connectivity index (χ1v) is 7.87. The fourth-order valence-corrected chi connectivity index (χ4v) is 2.45. The maximum Gasteiger partial charge on any atom is 0.410 e. The summed E-state index contributed by atoms with van der Waals surface area (Å²) in [5, 5.41) is 3.58. The molecule has 1 aliphatic heterocycles. The molecule has 2 heterocycles. The number of likely N-dealkylation sites (tertiary alicyclic amines) is 1. The van der Waals surface area contributed by atoms with Gasteiger partial charge in [0.25, 0.3) is 0 Å². The van der Waals surface area contributed by atoms with Gasteiger partial charge in [0, 0.05) is 24.8 Å². The lowest BCUT2D eigenvalue weighted by Gasteiger charge is -2.28. The monoisotopic (exact) mass is 326 g/mol. The van der Waals surface area contributed by atoms with Gasteiger partial charge in [-0.1, -0.05) is 11.6 Å². The lowest BCUT2D eigenvalue weighted by molar-refractivity contribution is 0.0235. The van der Waals surface area contributed by atoms with Crippen LogP contribution in [0.4, 0.5) is 10.7 Å². The van der Waals surface area contributed by atoms with Crippen molar-refractivity contribution in [3.8, 4) is 0 Å². The molecule has 0 unspecified atom stereocenters. The van der Waals surface area contributed by atoms with Gasteiger partial charge in [-0.05, 0) is 40.5 Å². The predicted octanol–water partition coefficient (Wildman–Crippen LogP) is 3.25. The van der Waals surface area contributed by atoms with E-state index < -0.39 is 5.60 Å². The maximum absolute atomic E-state index is 12.2. The first-order chi connectivity index (χ1) is 10.3. The first kappa shape index (κ1) is 16.8. The zero-order chi connectivity index (χ0) is 16.3. The van der Waals surface area contributed by atoms with Crippen molar-refractivity contribution >= 4 is 23.6 Å². The normalized spacial score (nSPS) is 18.4. The summed E-state index contributed by atoms with van der Waals surface area (Å²) in [7, 11) is 0. The predicted molar refractivity (Wildman–Crippen MR) is 86.2 cm³/mol. The molecule has 122 valence electrons. The number of amides is 1. The minimum absolute atomic E-state index is 0.0820. The molecule has 0 spiro atoms. The Kier molecular flexibility index (Phi) is 5.11. The summed E-state index contributed by atoms with van der Waals surface area (Å²) in [5.74, 6) is 0.478. The molecule has 0 aromatic carbocycles. The number of halogens is 1. The molecule has 1 saturated heterocycles. The lowest BCUT2D eigenvalue weighted by atomic mass is 10.2. The van der Waals surface area contributed by atoms with Gasteiger partial charge in [-0.2, -0.15) is 0 Å². The maximum atomic E-state index is 12.2. The van der Waals surface area contributed by atoms with Gasteiger partial charge in [0.05, 0.1) is 6.04 Å². The Hall–Kier alpha value is -1.56. The van der Waals surface area contributed by atoms with Crippen molar-refractivity contribution in [1.82, 2.24) is 14.9 Å². The SMILES string of the molecule is Cc1cnc(NC[C@@H]2CCCN2C(=O)OC(C)(C)C)nc1Cl. The molecule has 22 heavy (non-hydrogen) atoms. The van der Waals surface area contributed by atoms with Gasteiger partial charge in [-0.3, -0.25) is 0 Å². The number of hydrogen-bond acceptors (Lipinski definition) is 5. The van der Waals surface area contributed by atoms with E-state index >= 15 is 0 Å². The molecule has 1 fully saturated rings. The number of aryl methyl sites for hydroxylation is 1. The zero-order valence-electron chi connectivity index (χ0n) is 13.5. The average Bonchev–Trinajstić information content (AvgIpc) is 2.87. The van der Waals surface area contributed by atoms with Crippen molar-refractivity contribution in [2.24, 2.45) is 0 Å². The number of nitrogens with one attached hydrogen (secondary N) is 1. The molecular weight excluding hydrogens is 304 g/mol. The van der Waals surface area contributed by atoms with E-state index in [1.165, 1.54) is 0 Å². The molecule has 2 rings (SSSR count). The largest absolute Gasteiger partial charge is 0.444 e. The smallest absolute Gasteiger partial charge is 0.410 e. The van der Waals surface area contributed by atoms with E-state index in [1.807, 2.05) is 27.7 Å². The van der Waals surface area contributed by atoms with E-state index in [-0.39, 0.29) is 12.1 Å². The summed E-state index contributed by atoms with van der Waals surface area (Å²) in [5.41, 5.74) is 0.356. The molecular formula is C15H23ClN4O2.